The molecule has 0 aliphatic heterocycles. The van der Waals surface area contributed by atoms with Crippen molar-refractivity contribution < 1.29 is 26.4 Å². The van der Waals surface area contributed by atoms with E-state index in [0.29, 0.717) is 0 Å². The van der Waals surface area contributed by atoms with Gasteiger partial charge in [-0.3, -0.25) is 9.69 Å². The molecule has 0 spiro atoms. The summed E-state index contributed by atoms with van der Waals surface area (Å²) >= 11 is 0. The van der Waals surface area contributed by atoms with Crippen LogP contribution in [-0.4, -0.2) is 57.6 Å². The van der Waals surface area contributed by atoms with Crippen LogP contribution in [0.4, 0.5) is 13.2 Å². The summed E-state index contributed by atoms with van der Waals surface area (Å²) in [6, 6.07) is 4.73. The van der Waals surface area contributed by atoms with Gasteiger partial charge in [0, 0.05) is 18.2 Å². The van der Waals surface area contributed by atoms with Gasteiger partial charge in [-0.2, -0.15) is 13.2 Å². The lowest BCUT2D eigenvalue weighted by Gasteiger charge is -2.26. The Morgan fingerprint density at radius 2 is 1.69 bits per heavy atom. The van der Waals surface area contributed by atoms with E-state index in [2.05, 4.69) is 9.62 Å². The highest BCUT2D eigenvalue weighted by Gasteiger charge is 2.28. The number of nitrogens with one attached hydrogen (secondary N) is 2. The standard InChI is InChI=1S/C16H24F3N3O3S/c1-4-22(5-2)12(3)10-21-26(24,25)14-8-6-13(7-9-14)15(23)20-11-16(17,18)19/h6-9,12,21H,4-5,10-11H2,1-3H3,(H,20,23). The fourth-order valence-corrected chi connectivity index (χ4v) is 3.48. The summed E-state index contributed by atoms with van der Waals surface area (Å²) in [5.41, 5.74) is -0.0512. The Morgan fingerprint density at radius 1 is 1.15 bits per heavy atom. The van der Waals surface area contributed by atoms with Gasteiger partial charge in [0.05, 0.1) is 4.90 Å². The van der Waals surface area contributed by atoms with E-state index < -0.39 is 28.7 Å². The van der Waals surface area contributed by atoms with E-state index >= 15 is 0 Å². The molecule has 0 bridgehead atoms. The summed E-state index contributed by atoms with van der Waals surface area (Å²) in [7, 11) is -3.77. The number of amides is 1. The number of benzene rings is 1. The third-order valence-corrected chi connectivity index (χ3v) is 5.32. The highest BCUT2D eigenvalue weighted by molar-refractivity contribution is 7.89. The molecule has 1 aromatic carbocycles. The Hall–Kier alpha value is -1.65. The van der Waals surface area contributed by atoms with Crippen molar-refractivity contribution in [2.45, 2.75) is 37.9 Å². The molecule has 1 unspecified atom stereocenters. The molecule has 1 rings (SSSR count). The van der Waals surface area contributed by atoms with Gasteiger partial charge < -0.3 is 5.32 Å². The van der Waals surface area contributed by atoms with Gasteiger partial charge in [-0.15, -0.1) is 0 Å². The first-order valence-electron chi connectivity index (χ1n) is 8.19. The second-order valence-corrected chi connectivity index (χ2v) is 7.51. The van der Waals surface area contributed by atoms with Crippen LogP contribution in [0.3, 0.4) is 0 Å². The molecule has 10 heteroatoms. The molecule has 1 amide bonds. The highest BCUT2D eigenvalue weighted by Crippen LogP contribution is 2.14. The molecule has 6 nitrogen and oxygen atoms in total. The number of hydrogen-bond acceptors (Lipinski definition) is 4. The molecular formula is C16H24F3N3O3S. The van der Waals surface area contributed by atoms with Crippen molar-refractivity contribution in [2.75, 3.05) is 26.2 Å². The summed E-state index contributed by atoms with van der Waals surface area (Å²) in [6.45, 7) is 6.23. The molecule has 148 valence electrons. The molecule has 1 atom stereocenters. The van der Waals surface area contributed by atoms with Crippen LogP contribution in [0.25, 0.3) is 0 Å². The summed E-state index contributed by atoms with van der Waals surface area (Å²) in [4.78, 5) is 13.7. The summed E-state index contributed by atoms with van der Waals surface area (Å²) in [6.07, 6.45) is -4.51. The first-order valence-corrected chi connectivity index (χ1v) is 9.67. The predicted octanol–water partition coefficient (Wildman–Crippen LogP) is 1.99. The first kappa shape index (κ1) is 22.4. The molecule has 0 fully saturated rings. The molecule has 0 aliphatic rings. The lowest BCUT2D eigenvalue weighted by Crippen LogP contribution is -2.41. The van der Waals surface area contributed by atoms with Gasteiger partial charge in [-0.1, -0.05) is 13.8 Å². The minimum absolute atomic E-state index is 0.00666. The molecule has 0 heterocycles. The fraction of sp³-hybridized carbons (Fsp3) is 0.562. The van der Waals surface area contributed by atoms with Crippen LogP contribution >= 0.6 is 0 Å². The smallest absolute Gasteiger partial charge is 0.343 e. The SMILES string of the molecule is CCN(CC)C(C)CNS(=O)(=O)c1ccc(C(=O)NCC(F)(F)F)cc1. The molecule has 0 saturated carbocycles. The van der Waals surface area contributed by atoms with E-state index in [-0.39, 0.29) is 23.0 Å². The van der Waals surface area contributed by atoms with Crippen molar-refractivity contribution in [3.63, 3.8) is 0 Å². The van der Waals surface area contributed by atoms with Crippen molar-refractivity contribution in [3.05, 3.63) is 29.8 Å². The molecular weight excluding hydrogens is 371 g/mol. The molecule has 0 radical (unpaired) electrons. The lowest BCUT2D eigenvalue weighted by molar-refractivity contribution is -0.123. The maximum atomic E-state index is 12.3. The van der Waals surface area contributed by atoms with E-state index in [1.165, 1.54) is 24.3 Å². The summed E-state index contributed by atoms with van der Waals surface area (Å²) in [5, 5.41) is 1.73. The van der Waals surface area contributed by atoms with Crippen molar-refractivity contribution in [3.8, 4) is 0 Å². The van der Waals surface area contributed by atoms with E-state index in [1.807, 2.05) is 20.8 Å². The van der Waals surface area contributed by atoms with E-state index in [1.54, 1.807) is 5.32 Å². The third kappa shape index (κ3) is 6.93. The zero-order valence-corrected chi connectivity index (χ0v) is 15.7. The Bertz CT molecular complexity index is 687. The van der Waals surface area contributed by atoms with E-state index in [0.717, 1.165) is 13.1 Å². The largest absolute Gasteiger partial charge is 0.405 e. The number of carbonyl (C=O) groups is 1. The van der Waals surface area contributed by atoms with Crippen LogP contribution in [0.1, 0.15) is 31.1 Å². The van der Waals surface area contributed by atoms with Gasteiger partial charge in [0.2, 0.25) is 10.0 Å². The molecule has 0 aliphatic carbocycles. The maximum absolute atomic E-state index is 12.3. The number of sulfonamides is 1. The zero-order chi connectivity index (χ0) is 20.0. The second-order valence-electron chi connectivity index (χ2n) is 5.74. The molecule has 0 saturated heterocycles. The highest BCUT2D eigenvalue weighted by atomic mass is 32.2. The minimum atomic E-state index is -4.51. The van der Waals surface area contributed by atoms with Crippen LogP contribution in [0.2, 0.25) is 0 Å². The van der Waals surface area contributed by atoms with Crippen LogP contribution in [0, 0.1) is 0 Å². The van der Waals surface area contributed by atoms with Crippen LogP contribution in [0.15, 0.2) is 29.2 Å². The van der Waals surface area contributed by atoms with Gasteiger partial charge in [0.25, 0.3) is 5.91 Å². The Kier molecular flexibility index (Phi) is 8.04. The molecule has 0 aromatic heterocycles. The van der Waals surface area contributed by atoms with Gasteiger partial charge in [0.15, 0.2) is 0 Å². The molecule has 26 heavy (non-hydrogen) atoms. The van der Waals surface area contributed by atoms with Crippen LogP contribution in [0.5, 0.6) is 0 Å². The van der Waals surface area contributed by atoms with E-state index in [9.17, 15) is 26.4 Å². The second kappa shape index (κ2) is 9.33. The number of carbonyl (C=O) groups excluding carboxylic acids is 1. The Balaban J connectivity index is 2.73. The monoisotopic (exact) mass is 395 g/mol. The van der Waals surface area contributed by atoms with Crippen molar-refractivity contribution in [1.82, 2.24) is 14.9 Å². The van der Waals surface area contributed by atoms with Crippen molar-refractivity contribution in [2.24, 2.45) is 0 Å². The Labute approximate surface area is 151 Å². The number of rotatable bonds is 9. The average molecular weight is 395 g/mol. The first-order chi connectivity index (χ1) is 12.0. The topological polar surface area (TPSA) is 78.5 Å². The zero-order valence-electron chi connectivity index (χ0n) is 14.9. The normalized spacial score (nSPS) is 13.7. The summed E-state index contributed by atoms with van der Waals surface area (Å²) in [5.74, 6) is -0.922. The quantitative estimate of drug-likeness (QED) is 0.670. The lowest BCUT2D eigenvalue weighted by atomic mass is 10.2. The molecule has 1 aromatic rings. The van der Waals surface area contributed by atoms with Gasteiger partial charge in [0.1, 0.15) is 6.54 Å². The Morgan fingerprint density at radius 3 is 2.15 bits per heavy atom. The number of likely N-dealkylation sites (N-methyl/N-ethyl adjacent to an activating group) is 1. The van der Waals surface area contributed by atoms with Gasteiger partial charge in [-0.25, -0.2) is 13.1 Å². The van der Waals surface area contributed by atoms with Gasteiger partial charge >= 0.3 is 6.18 Å². The average Bonchev–Trinajstić information content (AvgIpc) is 2.58. The number of nitrogens with zero attached hydrogens (tertiary/aromatic N) is 1. The van der Waals surface area contributed by atoms with E-state index in [4.69, 9.17) is 0 Å². The number of hydrogen-bond donors (Lipinski definition) is 2. The summed E-state index contributed by atoms with van der Waals surface area (Å²) < 4.78 is 63.4. The maximum Gasteiger partial charge on any atom is 0.405 e. The third-order valence-electron chi connectivity index (χ3n) is 3.88. The number of halogens is 3. The van der Waals surface area contributed by atoms with Crippen molar-refractivity contribution in [1.29, 1.82) is 0 Å². The predicted molar refractivity (Wildman–Crippen MR) is 92.4 cm³/mol. The molecule has 2 N–H and O–H groups in total. The van der Waals surface area contributed by atoms with Gasteiger partial charge in [-0.05, 0) is 44.3 Å². The van der Waals surface area contributed by atoms with Crippen LogP contribution in [-0.2, 0) is 10.0 Å². The minimum Gasteiger partial charge on any atom is -0.343 e. The number of alkyl halides is 3. The fourth-order valence-electron chi connectivity index (χ4n) is 2.36. The van der Waals surface area contributed by atoms with Crippen molar-refractivity contribution >= 4 is 15.9 Å². The van der Waals surface area contributed by atoms with Crippen LogP contribution < -0.4 is 10.0 Å².